The first-order valence-electron chi connectivity index (χ1n) is 7.13. The molecule has 1 fully saturated rings. The highest BCUT2D eigenvalue weighted by Gasteiger charge is 2.27. The van der Waals surface area contributed by atoms with Crippen molar-refractivity contribution in [3.8, 4) is 5.88 Å². The van der Waals surface area contributed by atoms with Crippen LogP contribution in [0.5, 0.6) is 5.88 Å². The van der Waals surface area contributed by atoms with Gasteiger partial charge >= 0.3 is 0 Å². The molecule has 8 heteroatoms. The van der Waals surface area contributed by atoms with Crippen LogP contribution in [0, 0.1) is 9.87 Å². The molecule has 0 aromatic carbocycles. The van der Waals surface area contributed by atoms with Gasteiger partial charge in [-0.2, -0.15) is 4.68 Å². The molecule has 2 rings (SSSR count). The van der Waals surface area contributed by atoms with E-state index in [1.165, 1.54) is 24.6 Å². The van der Waals surface area contributed by atoms with Gasteiger partial charge in [0.2, 0.25) is 5.88 Å². The van der Waals surface area contributed by atoms with Gasteiger partial charge in [0.15, 0.2) is 3.95 Å². The second kappa shape index (κ2) is 7.35. The third-order valence-electron chi connectivity index (χ3n) is 3.90. The van der Waals surface area contributed by atoms with Gasteiger partial charge in [-0.15, -0.1) is 11.3 Å². The lowest BCUT2D eigenvalue weighted by Gasteiger charge is -2.26. The minimum Gasteiger partial charge on any atom is -0.493 e. The number of amides is 1. The van der Waals surface area contributed by atoms with Gasteiger partial charge in [-0.3, -0.25) is 10.2 Å². The standard InChI is InChI=1S/C13H21N3O3S2/c14-9(6-8-4-2-1-3-5-8)11(18)12(19)15-16-10(17)7-21-13(16)20/h7-9,11,17-18H,1-6,14H2,(H,15,19)/t9-,11?/m1/s1. The van der Waals surface area contributed by atoms with Crippen molar-refractivity contribution in [2.24, 2.45) is 11.7 Å². The second-order valence-electron chi connectivity index (χ2n) is 5.52. The third-order valence-corrected chi connectivity index (χ3v) is 5.09. The van der Waals surface area contributed by atoms with Crippen LogP contribution in [0.15, 0.2) is 5.38 Å². The number of nitrogens with two attached hydrogens (primary N) is 1. The molecule has 2 atom stereocenters. The maximum Gasteiger partial charge on any atom is 0.269 e. The fraction of sp³-hybridized carbons (Fsp3) is 0.692. The van der Waals surface area contributed by atoms with Crippen LogP contribution in [0.4, 0.5) is 0 Å². The van der Waals surface area contributed by atoms with Gasteiger partial charge in [-0.1, -0.05) is 32.1 Å². The summed E-state index contributed by atoms with van der Waals surface area (Å²) >= 11 is 6.09. The molecule has 0 saturated heterocycles. The monoisotopic (exact) mass is 331 g/mol. The summed E-state index contributed by atoms with van der Waals surface area (Å²) < 4.78 is 1.37. The summed E-state index contributed by atoms with van der Waals surface area (Å²) in [6.45, 7) is 0. The van der Waals surface area contributed by atoms with Gasteiger partial charge in [0.05, 0.1) is 5.38 Å². The van der Waals surface area contributed by atoms with Crippen LogP contribution in [0.3, 0.4) is 0 Å². The Morgan fingerprint density at radius 1 is 1.52 bits per heavy atom. The zero-order valence-electron chi connectivity index (χ0n) is 11.7. The summed E-state index contributed by atoms with van der Waals surface area (Å²) in [6.07, 6.45) is 5.18. The van der Waals surface area contributed by atoms with Crippen molar-refractivity contribution < 1.29 is 15.0 Å². The Morgan fingerprint density at radius 2 is 2.19 bits per heavy atom. The summed E-state index contributed by atoms with van der Waals surface area (Å²) in [5.74, 6) is -0.331. The van der Waals surface area contributed by atoms with Crippen molar-refractivity contribution in [3.63, 3.8) is 0 Å². The molecule has 118 valence electrons. The first-order chi connectivity index (χ1) is 9.99. The van der Waals surface area contributed by atoms with Crippen LogP contribution in [-0.2, 0) is 4.79 Å². The molecule has 6 nitrogen and oxygen atoms in total. The molecule has 0 bridgehead atoms. The van der Waals surface area contributed by atoms with Gasteiger partial charge in [0.1, 0.15) is 6.10 Å². The number of aromatic nitrogens is 1. The van der Waals surface area contributed by atoms with E-state index in [2.05, 4.69) is 5.43 Å². The predicted octanol–water partition coefficient (Wildman–Crippen LogP) is 1.71. The number of nitrogens with one attached hydrogen (secondary N) is 1. The van der Waals surface area contributed by atoms with E-state index in [0.717, 1.165) is 28.9 Å². The number of carbonyl (C=O) groups is 1. The molecular formula is C13H21N3O3S2. The number of rotatable bonds is 5. The Labute approximate surface area is 132 Å². The van der Waals surface area contributed by atoms with E-state index < -0.39 is 18.1 Å². The highest BCUT2D eigenvalue weighted by atomic mass is 32.1. The van der Waals surface area contributed by atoms with Crippen LogP contribution in [0.25, 0.3) is 0 Å². The molecule has 0 spiro atoms. The third kappa shape index (κ3) is 4.26. The molecule has 1 saturated carbocycles. The van der Waals surface area contributed by atoms with Crippen LogP contribution in [0.1, 0.15) is 38.5 Å². The highest BCUT2D eigenvalue weighted by Crippen LogP contribution is 2.27. The second-order valence-corrected chi connectivity index (χ2v) is 7.02. The Kier molecular flexibility index (Phi) is 5.74. The van der Waals surface area contributed by atoms with E-state index in [-0.39, 0.29) is 5.88 Å². The SMILES string of the molecule is N[C@H](CC1CCCCC1)C(O)C(=O)Nn1c(O)csc1=S. The molecule has 0 radical (unpaired) electrons. The summed E-state index contributed by atoms with van der Waals surface area (Å²) in [4.78, 5) is 12.0. The summed E-state index contributed by atoms with van der Waals surface area (Å²) in [5, 5.41) is 21.0. The van der Waals surface area contributed by atoms with Crippen molar-refractivity contribution in [1.82, 2.24) is 4.68 Å². The predicted molar refractivity (Wildman–Crippen MR) is 84.3 cm³/mol. The molecule has 1 aromatic rings. The lowest BCUT2D eigenvalue weighted by molar-refractivity contribution is -0.126. The number of aromatic hydroxyl groups is 1. The summed E-state index contributed by atoms with van der Waals surface area (Å²) in [5.41, 5.74) is 8.33. The number of aliphatic hydroxyl groups is 1. The van der Waals surface area contributed by atoms with E-state index in [4.69, 9.17) is 18.0 Å². The van der Waals surface area contributed by atoms with Gasteiger partial charge < -0.3 is 15.9 Å². The van der Waals surface area contributed by atoms with Crippen molar-refractivity contribution >= 4 is 29.5 Å². The first-order valence-corrected chi connectivity index (χ1v) is 8.42. The molecular weight excluding hydrogens is 310 g/mol. The van der Waals surface area contributed by atoms with Crippen molar-refractivity contribution in [3.05, 3.63) is 9.33 Å². The quantitative estimate of drug-likeness (QED) is 0.616. The van der Waals surface area contributed by atoms with Crippen LogP contribution >= 0.6 is 23.6 Å². The highest BCUT2D eigenvalue weighted by molar-refractivity contribution is 7.73. The number of aliphatic hydroxyl groups excluding tert-OH is 1. The van der Waals surface area contributed by atoms with Gasteiger partial charge in [0.25, 0.3) is 5.91 Å². The molecule has 1 aliphatic rings. The van der Waals surface area contributed by atoms with Gasteiger partial charge in [0, 0.05) is 6.04 Å². The lowest BCUT2D eigenvalue weighted by Crippen LogP contribution is -2.46. The number of hydrogen-bond donors (Lipinski definition) is 4. The first kappa shape index (κ1) is 16.4. The zero-order valence-corrected chi connectivity index (χ0v) is 13.3. The molecule has 1 heterocycles. The maximum atomic E-state index is 12.0. The largest absolute Gasteiger partial charge is 0.493 e. The number of carbonyl (C=O) groups excluding carboxylic acids is 1. The van der Waals surface area contributed by atoms with Crippen LogP contribution < -0.4 is 11.2 Å². The van der Waals surface area contributed by atoms with E-state index >= 15 is 0 Å². The Bertz CT molecular complexity index is 537. The summed E-state index contributed by atoms with van der Waals surface area (Å²) in [6, 6.07) is -0.608. The fourth-order valence-electron chi connectivity index (χ4n) is 2.71. The molecule has 1 amide bonds. The lowest BCUT2D eigenvalue weighted by atomic mass is 9.84. The Morgan fingerprint density at radius 3 is 2.76 bits per heavy atom. The topological polar surface area (TPSA) is 101 Å². The van der Waals surface area contributed by atoms with Gasteiger partial charge in [-0.05, 0) is 24.6 Å². The minimum atomic E-state index is -1.31. The van der Waals surface area contributed by atoms with Crippen LogP contribution in [-0.4, -0.2) is 32.9 Å². The molecule has 5 N–H and O–H groups in total. The number of thiazole rings is 1. The number of hydrogen-bond acceptors (Lipinski definition) is 6. The smallest absolute Gasteiger partial charge is 0.269 e. The van der Waals surface area contributed by atoms with Gasteiger partial charge in [-0.25, -0.2) is 0 Å². The molecule has 1 aliphatic carbocycles. The fourth-order valence-corrected chi connectivity index (χ4v) is 3.55. The number of nitrogens with zero attached hydrogens (tertiary/aromatic N) is 1. The minimum absolute atomic E-state index is 0.161. The molecule has 21 heavy (non-hydrogen) atoms. The Hall–Kier alpha value is -0.960. The van der Waals surface area contributed by atoms with Crippen molar-refractivity contribution in [1.29, 1.82) is 0 Å². The van der Waals surface area contributed by atoms with Crippen molar-refractivity contribution in [2.45, 2.75) is 50.7 Å². The van der Waals surface area contributed by atoms with Crippen molar-refractivity contribution in [2.75, 3.05) is 5.43 Å². The van der Waals surface area contributed by atoms with E-state index in [1.807, 2.05) is 0 Å². The zero-order chi connectivity index (χ0) is 15.4. The van der Waals surface area contributed by atoms with E-state index in [9.17, 15) is 15.0 Å². The molecule has 0 aliphatic heterocycles. The average Bonchev–Trinajstić information content (AvgIpc) is 2.79. The maximum absolute atomic E-state index is 12.0. The Balaban J connectivity index is 1.90. The molecule has 1 aromatic heterocycles. The van der Waals surface area contributed by atoms with Crippen LogP contribution in [0.2, 0.25) is 0 Å². The normalized spacial score (nSPS) is 19.1. The summed E-state index contributed by atoms with van der Waals surface area (Å²) in [7, 11) is 0. The van der Waals surface area contributed by atoms with E-state index in [1.54, 1.807) is 0 Å². The average molecular weight is 331 g/mol. The molecule has 1 unspecified atom stereocenters. The van der Waals surface area contributed by atoms with E-state index in [0.29, 0.717) is 16.3 Å².